The normalized spacial score (nSPS) is 13.7. The average molecular weight is 215 g/mol. The van der Waals surface area contributed by atoms with Crippen LogP contribution in [0.1, 0.15) is 27.2 Å². The number of amides is 1. The Bertz CT molecular complexity index is 216. The molecule has 0 aromatic carbocycles. The molecule has 0 aliphatic heterocycles. The highest BCUT2D eigenvalue weighted by molar-refractivity contribution is 5.98. The molecule has 4 heteroatoms. The summed E-state index contributed by atoms with van der Waals surface area (Å²) in [4.78, 5) is 13.1. The third-order valence-corrected chi connectivity index (χ3v) is 3.76. The van der Waals surface area contributed by atoms with Crippen LogP contribution in [0.15, 0.2) is 12.7 Å². The number of likely N-dealkylation sites (N-methyl/N-ethyl adjacent to an activating group) is 1. The SMILES string of the molecule is C=CC(=O)N(C)C(CC)C(C)(C)O[SiH3]. The lowest BCUT2D eigenvalue weighted by atomic mass is 9.95. The summed E-state index contributed by atoms with van der Waals surface area (Å²) in [6.07, 6.45) is 2.22. The lowest BCUT2D eigenvalue weighted by Gasteiger charge is -2.39. The van der Waals surface area contributed by atoms with E-state index in [2.05, 4.69) is 13.5 Å². The van der Waals surface area contributed by atoms with Crippen LogP contribution in [0, 0.1) is 0 Å². The first-order chi connectivity index (χ1) is 6.40. The van der Waals surface area contributed by atoms with Gasteiger partial charge in [-0.25, -0.2) is 0 Å². The Balaban J connectivity index is 4.71. The van der Waals surface area contributed by atoms with E-state index in [0.717, 1.165) is 6.42 Å². The van der Waals surface area contributed by atoms with Crippen LogP contribution in [-0.4, -0.2) is 40.0 Å². The van der Waals surface area contributed by atoms with Gasteiger partial charge in [-0.3, -0.25) is 4.79 Å². The Morgan fingerprint density at radius 1 is 1.71 bits per heavy atom. The maximum Gasteiger partial charge on any atom is 0.246 e. The lowest BCUT2D eigenvalue weighted by molar-refractivity contribution is -0.130. The number of carbonyl (C=O) groups excluding carboxylic acids is 1. The number of hydrogen-bond acceptors (Lipinski definition) is 2. The van der Waals surface area contributed by atoms with E-state index in [9.17, 15) is 4.79 Å². The lowest BCUT2D eigenvalue weighted by Crippen LogP contribution is -2.50. The molecule has 0 spiro atoms. The average Bonchev–Trinajstić information content (AvgIpc) is 2.17. The molecule has 0 bridgehead atoms. The van der Waals surface area contributed by atoms with E-state index in [4.69, 9.17) is 4.43 Å². The van der Waals surface area contributed by atoms with E-state index in [1.807, 2.05) is 13.8 Å². The first-order valence-corrected chi connectivity index (χ1v) is 5.66. The van der Waals surface area contributed by atoms with Gasteiger partial charge in [0, 0.05) is 7.05 Å². The van der Waals surface area contributed by atoms with Crippen LogP contribution >= 0.6 is 0 Å². The van der Waals surface area contributed by atoms with Crippen molar-refractivity contribution < 1.29 is 9.22 Å². The van der Waals surface area contributed by atoms with Crippen molar-refractivity contribution in [2.45, 2.75) is 38.8 Å². The van der Waals surface area contributed by atoms with E-state index >= 15 is 0 Å². The highest BCUT2D eigenvalue weighted by atomic mass is 28.2. The van der Waals surface area contributed by atoms with Gasteiger partial charge < -0.3 is 9.33 Å². The molecule has 0 saturated carbocycles. The molecule has 0 N–H and O–H groups in total. The van der Waals surface area contributed by atoms with Crippen molar-refractivity contribution in [1.82, 2.24) is 4.90 Å². The van der Waals surface area contributed by atoms with E-state index in [0.29, 0.717) is 10.5 Å². The fourth-order valence-electron chi connectivity index (χ4n) is 1.67. The second kappa shape index (κ2) is 5.31. The van der Waals surface area contributed by atoms with Crippen molar-refractivity contribution in [2.75, 3.05) is 7.05 Å². The number of hydrogen-bond donors (Lipinski definition) is 0. The Labute approximate surface area is 89.7 Å². The summed E-state index contributed by atoms with van der Waals surface area (Å²) in [6, 6.07) is 0.102. The Hall–Kier alpha value is -0.613. The summed E-state index contributed by atoms with van der Waals surface area (Å²) in [5, 5.41) is 0. The van der Waals surface area contributed by atoms with Gasteiger partial charge in [-0.05, 0) is 26.3 Å². The Morgan fingerprint density at radius 2 is 2.21 bits per heavy atom. The molecule has 3 nitrogen and oxygen atoms in total. The summed E-state index contributed by atoms with van der Waals surface area (Å²) >= 11 is 0. The third-order valence-electron chi connectivity index (χ3n) is 2.71. The van der Waals surface area contributed by atoms with Crippen LogP contribution in [0.5, 0.6) is 0 Å². The molecule has 0 aliphatic carbocycles. The Kier molecular flexibility index (Phi) is 5.08. The molecule has 0 aliphatic rings. The van der Waals surface area contributed by atoms with E-state index in [-0.39, 0.29) is 17.6 Å². The molecular weight excluding hydrogens is 194 g/mol. The van der Waals surface area contributed by atoms with Gasteiger partial charge in [0.1, 0.15) is 10.5 Å². The molecule has 0 fully saturated rings. The molecule has 1 unspecified atom stereocenters. The summed E-state index contributed by atoms with van der Waals surface area (Å²) < 4.78 is 5.52. The predicted octanol–water partition coefficient (Wildman–Crippen LogP) is 0.485. The summed E-state index contributed by atoms with van der Waals surface area (Å²) in [7, 11) is 2.47. The second-order valence-corrected chi connectivity index (χ2v) is 4.29. The summed E-state index contributed by atoms with van der Waals surface area (Å²) in [5.74, 6) is -0.0522. The maximum atomic E-state index is 11.4. The third kappa shape index (κ3) is 2.96. The molecule has 1 amide bonds. The van der Waals surface area contributed by atoms with Crippen LogP contribution in [0.4, 0.5) is 0 Å². The fourth-order valence-corrected chi connectivity index (χ4v) is 1.94. The highest BCUT2D eigenvalue weighted by Crippen LogP contribution is 2.21. The number of carbonyl (C=O) groups is 1. The smallest absolute Gasteiger partial charge is 0.246 e. The van der Waals surface area contributed by atoms with Gasteiger partial charge in [0.25, 0.3) is 0 Å². The first-order valence-electron chi connectivity index (χ1n) is 4.85. The van der Waals surface area contributed by atoms with Crippen LogP contribution in [-0.2, 0) is 9.22 Å². The van der Waals surface area contributed by atoms with Gasteiger partial charge in [0.2, 0.25) is 5.91 Å². The van der Waals surface area contributed by atoms with E-state index in [1.54, 1.807) is 11.9 Å². The zero-order chi connectivity index (χ0) is 11.4. The molecule has 0 radical (unpaired) electrons. The van der Waals surface area contributed by atoms with Gasteiger partial charge in [0.15, 0.2) is 0 Å². The molecule has 0 aromatic heterocycles. The predicted molar refractivity (Wildman–Crippen MR) is 62.1 cm³/mol. The zero-order valence-electron chi connectivity index (χ0n) is 9.83. The zero-order valence-corrected chi connectivity index (χ0v) is 11.8. The standard InChI is InChI=1S/C10H21NO2Si/c1-6-8(10(3,4)13-14)11(5)9(12)7-2/h7-8H,2,6H2,1,3-5,14H3. The topological polar surface area (TPSA) is 29.5 Å². The minimum atomic E-state index is -0.269. The minimum absolute atomic E-state index is 0.0522. The Morgan fingerprint density at radius 3 is 2.50 bits per heavy atom. The molecular formula is C10H21NO2Si. The minimum Gasteiger partial charge on any atom is -0.421 e. The van der Waals surface area contributed by atoms with Crippen LogP contribution < -0.4 is 0 Å². The van der Waals surface area contributed by atoms with Crippen molar-refractivity contribution in [1.29, 1.82) is 0 Å². The van der Waals surface area contributed by atoms with Crippen molar-refractivity contribution in [2.24, 2.45) is 0 Å². The molecule has 0 saturated heterocycles. The fraction of sp³-hybridized carbons (Fsp3) is 0.700. The second-order valence-electron chi connectivity index (χ2n) is 3.88. The first kappa shape index (κ1) is 13.4. The van der Waals surface area contributed by atoms with Crippen LogP contribution in [0.3, 0.4) is 0 Å². The van der Waals surface area contributed by atoms with Crippen molar-refractivity contribution in [3.8, 4) is 0 Å². The monoisotopic (exact) mass is 215 g/mol. The molecule has 0 aromatic rings. The maximum absolute atomic E-state index is 11.4. The summed E-state index contributed by atoms with van der Waals surface area (Å²) in [6.45, 7) is 9.57. The molecule has 1 atom stereocenters. The number of rotatable bonds is 5. The van der Waals surface area contributed by atoms with E-state index < -0.39 is 0 Å². The van der Waals surface area contributed by atoms with Gasteiger partial charge in [0.05, 0.1) is 11.6 Å². The van der Waals surface area contributed by atoms with Crippen molar-refractivity contribution in [3.63, 3.8) is 0 Å². The highest BCUT2D eigenvalue weighted by Gasteiger charge is 2.32. The van der Waals surface area contributed by atoms with Gasteiger partial charge in [-0.2, -0.15) is 0 Å². The van der Waals surface area contributed by atoms with Gasteiger partial charge >= 0.3 is 0 Å². The quantitative estimate of drug-likeness (QED) is 0.493. The van der Waals surface area contributed by atoms with Crippen LogP contribution in [0.25, 0.3) is 0 Å². The molecule has 0 rings (SSSR count). The van der Waals surface area contributed by atoms with Crippen molar-refractivity contribution in [3.05, 3.63) is 12.7 Å². The van der Waals surface area contributed by atoms with Gasteiger partial charge in [-0.1, -0.05) is 13.5 Å². The number of nitrogens with zero attached hydrogens (tertiary/aromatic N) is 1. The molecule has 82 valence electrons. The molecule has 0 heterocycles. The summed E-state index contributed by atoms with van der Waals surface area (Å²) in [5.41, 5.74) is -0.269. The van der Waals surface area contributed by atoms with Crippen molar-refractivity contribution >= 4 is 16.4 Å². The van der Waals surface area contributed by atoms with Crippen LogP contribution in [0.2, 0.25) is 0 Å². The largest absolute Gasteiger partial charge is 0.421 e. The van der Waals surface area contributed by atoms with Gasteiger partial charge in [-0.15, -0.1) is 0 Å². The van der Waals surface area contributed by atoms with E-state index in [1.165, 1.54) is 6.08 Å². The molecule has 14 heavy (non-hydrogen) atoms.